The molecule has 3 aromatic rings. The van der Waals surface area contributed by atoms with Gasteiger partial charge in [-0.05, 0) is 48.6 Å². The van der Waals surface area contributed by atoms with Gasteiger partial charge in [0.25, 0.3) is 0 Å². The third-order valence-corrected chi connectivity index (χ3v) is 6.85. The van der Waals surface area contributed by atoms with Crippen molar-refractivity contribution >= 4 is 5.95 Å². The molecule has 0 bridgehead atoms. The summed E-state index contributed by atoms with van der Waals surface area (Å²) in [6, 6.07) is 11.8. The fourth-order valence-corrected chi connectivity index (χ4v) is 4.71. The van der Waals surface area contributed by atoms with Crippen LogP contribution < -0.4 is 14.4 Å². The number of phenols is 1. The topological polar surface area (TPSA) is 71.0 Å². The number of aromatic nitrogens is 2. The van der Waals surface area contributed by atoms with Crippen LogP contribution in [-0.2, 0) is 19.5 Å². The number of anilines is 1. The van der Waals surface area contributed by atoms with E-state index in [1.54, 1.807) is 31.4 Å². The first-order valence-electron chi connectivity index (χ1n) is 12.2. The average Bonchev–Trinajstić information content (AvgIpc) is 2.87. The van der Waals surface area contributed by atoms with E-state index in [0.29, 0.717) is 36.6 Å². The minimum absolute atomic E-state index is 0.119. The van der Waals surface area contributed by atoms with Crippen molar-refractivity contribution in [1.29, 1.82) is 0 Å². The van der Waals surface area contributed by atoms with Crippen LogP contribution in [0.5, 0.6) is 23.1 Å². The number of hydrogen-bond acceptors (Lipinski definition) is 7. The van der Waals surface area contributed by atoms with Crippen molar-refractivity contribution in [3.8, 4) is 23.1 Å². The summed E-state index contributed by atoms with van der Waals surface area (Å²) in [4.78, 5) is 14.2. The van der Waals surface area contributed by atoms with E-state index in [1.165, 1.54) is 6.07 Å². The number of piperidine rings is 1. The van der Waals surface area contributed by atoms with Gasteiger partial charge in [-0.15, -0.1) is 0 Å². The summed E-state index contributed by atoms with van der Waals surface area (Å²) < 4.78 is 25.8. The number of halogens is 1. The highest BCUT2D eigenvalue weighted by atomic mass is 19.1. The molecule has 1 aromatic heterocycles. The van der Waals surface area contributed by atoms with Crippen LogP contribution in [-0.4, -0.2) is 46.7 Å². The molecule has 0 amide bonds. The summed E-state index contributed by atoms with van der Waals surface area (Å²) in [5.41, 5.74) is 2.87. The molecule has 2 aliphatic rings. The Balaban J connectivity index is 1.44. The van der Waals surface area contributed by atoms with Crippen LogP contribution in [0.3, 0.4) is 0 Å². The Morgan fingerprint density at radius 1 is 1.06 bits per heavy atom. The van der Waals surface area contributed by atoms with Crippen LogP contribution in [0.15, 0.2) is 42.5 Å². The van der Waals surface area contributed by atoms with E-state index < -0.39 is 5.82 Å². The smallest absolute Gasteiger partial charge is 0.229 e. The molecule has 0 saturated carbocycles. The van der Waals surface area contributed by atoms with Crippen LogP contribution in [0.4, 0.5) is 10.3 Å². The van der Waals surface area contributed by atoms with Gasteiger partial charge in [0.05, 0.1) is 18.4 Å². The van der Waals surface area contributed by atoms with Gasteiger partial charge in [0.15, 0.2) is 23.1 Å². The number of nitrogens with zero attached hydrogens (tertiary/aromatic N) is 4. The zero-order valence-electron chi connectivity index (χ0n) is 20.2. The first-order chi connectivity index (χ1) is 17.0. The van der Waals surface area contributed by atoms with Gasteiger partial charge < -0.3 is 19.5 Å². The fourth-order valence-electron chi connectivity index (χ4n) is 4.71. The summed E-state index contributed by atoms with van der Waals surface area (Å²) in [5, 5.41) is 9.91. The Kier molecular flexibility index (Phi) is 6.72. The van der Waals surface area contributed by atoms with E-state index >= 15 is 0 Å². The molecule has 35 heavy (non-hydrogen) atoms. The molecular weight excluding hydrogens is 447 g/mol. The lowest BCUT2D eigenvalue weighted by Crippen LogP contribution is -2.36. The van der Waals surface area contributed by atoms with E-state index in [1.807, 2.05) is 12.1 Å². The highest BCUT2D eigenvalue weighted by Crippen LogP contribution is 2.34. The van der Waals surface area contributed by atoms with Crippen molar-refractivity contribution in [3.63, 3.8) is 0 Å². The summed E-state index contributed by atoms with van der Waals surface area (Å²) in [5.74, 6) is 2.09. The van der Waals surface area contributed by atoms with Gasteiger partial charge in [-0.1, -0.05) is 25.1 Å². The van der Waals surface area contributed by atoms with Crippen molar-refractivity contribution in [1.82, 2.24) is 14.9 Å². The Morgan fingerprint density at radius 3 is 2.63 bits per heavy atom. The molecule has 3 heterocycles. The van der Waals surface area contributed by atoms with E-state index in [-0.39, 0.29) is 11.5 Å². The number of phenolic OH excluding ortho intramolecular Hbond substituents is 1. The second kappa shape index (κ2) is 10.1. The molecule has 2 aromatic carbocycles. The number of aromatic hydroxyl groups is 1. The highest BCUT2D eigenvalue weighted by molar-refractivity contribution is 5.45. The number of methoxy groups -OCH3 is 1. The molecule has 0 radical (unpaired) electrons. The highest BCUT2D eigenvalue weighted by Gasteiger charge is 2.27. The summed E-state index contributed by atoms with van der Waals surface area (Å²) in [6.07, 6.45) is 2.96. The molecular formula is C27H31FN4O3. The minimum atomic E-state index is -0.419. The molecule has 0 atom stereocenters. The molecule has 2 aliphatic heterocycles. The molecule has 1 saturated heterocycles. The third kappa shape index (κ3) is 5.17. The van der Waals surface area contributed by atoms with Crippen LogP contribution in [0.25, 0.3) is 0 Å². The first kappa shape index (κ1) is 23.4. The Morgan fingerprint density at radius 2 is 1.86 bits per heavy atom. The van der Waals surface area contributed by atoms with Gasteiger partial charge in [-0.3, -0.25) is 4.90 Å². The maximum absolute atomic E-state index is 14.5. The standard InChI is InChI=1S/C27H31FN4O3/c1-18-9-13-32(14-10-18)27-29-22-11-12-31(16-19-7-8-23(33)25(15-19)34-2)17-20(22)26(30-27)35-24-6-4-3-5-21(24)28/h3-8,15,18,33H,9-14,16-17H2,1-2H3. The van der Waals surface area contributed by atoms with Gasteiger partial charge in [-0.25, -0.2) is 9.37 Å². The normalized spacial score (nSPS) is 16.7. The molecule has 184 valence electrons. The van der Waals surface area contributed by atoms with Crippen LogP contribution in [0.1, 0.15) is 36.6 Å². The summed E-state index contributed by atoms with van der Waals surface area (Å²) in [7, 11) is 1.54. The zero-order chi connectivity index (χ0) is 24.4. The third-order valence-electron chi connectivity index (χ3n) is 6.85. The second-order valence-corrected chi connectivity index (χ2v) is 9.42. The number of benzene rings is 2. The van der Waals surface area contributed by atoms with Crippen molar-refractivity contribution in [3.05, 3.63) is 65.1 Å². The van der Waals surface area contributed by atoms with Crippen LogP contribution in [0.2, 0.25) is 0 Å². The largest absolute Gasteiger partial charge is 0.504 e. The molecule has 8 heteroatoms. The fraction of sp³-hybridized carbons (Fsp3) is 0.407. The lowest BCUT2D eigenvalue weighted by atomic mass is 9.99. The molecule has 0 spiro atoms. The van der Waals surface area contributed by atoms with Gasteiger partial charge in [0, 0.05) is 39.1 Å². The second-order valence-electron chi connectivity index (χ2n) is 9.42. The first-order valence-corrected chi connectivity index (χ1v) is 12.2. The van der Waals surface area contributed by atoms with Crippen LogP contribution >= 0.6 is 0 Å². The van der Waals surface area contributed by atoms with E-state index in [9.17, 15) is 9.50 Å². The molecule has 0 unspecified atom stereocenters. The minimum Gasteiger partial charge on any atom is -0.504 e. The number of rotatable bonds is 6. The van der Waals surface area contributed by atoms with E-state index in [2.05, 4.69) is 16.7 Å². The van der Waals surface area contributed by atoms with E-state index in [4.69, 9.17) is 19.4 Å². The van der Waals surface area contributed by atoms with Crippen LogP contribution in [0, 0.1) is 11.7 Å². The number of para-hydroxylation sites is 1. The lowest BCUT2D eigenvalue weighted by Gasteiger charge is -2.33. The van der Waals surface area contributed by atoms with Crippen molar-refractivity contribution in [2.75, 3.05) is 31.6 Å². The average molecular weight is 479 g/mol. The zero-order valence-corrected chi connectivity index (χ0v) is 20.2. The Hall–Kier alpha value is -3.39. The molecule has 1 fully saturated rings. The Labute approximate surface area is 205 Å². The van der Waals surface area contributed by atoms with E-state index in [0.717, 1.165) is 55.7 Å². The SMILES string of the molecule is COc1cc(CN2CCc3nc(N4CCC(C)CC4)nc(Oc4ccccc4F)c3C2)ccc1O. The molecule has 5 rings (SSSR count). The quantitative estimate of drug-likeness (QED) is 0.539. The number of hydrogen-bond donors (Lipinski definition) is 1. The summed E-state index contributed by atoms with van der Waals surface area (Å²) >= 11 is 0. The molecule has 0 aliphatic carbocycles. The number of fused-ring (bicyclic) bond motifs is 1. The van der Waals surface area contributed by atoms with Crippen molar-refractivity contribution < 1.29 is 19.0 Å². The van der Waals surface area contributed by atoms with Crippen molar-refractivity contribution in [2.45, 2.75) is 39.3 Å². The summed E-state index contributed by atoms with van der Waals surface area (Å²) in [6.45, 7) is 6.17. The maximum atomic E-state index is 14.5. The predicted molar refractivity (Wildman–Crippen MR) is 132 cm³/mol. The van der Waals surface area contributed by atoms with Gasteiger partial charge in [0.1, 0.15) is 0 Å². The monoisotopic (exact) mass is 478 g/mol. The lowest BCUT2D eigenvalue weighted by molar-refractivity contribution is 0.237. The maximum Gasteiger partial charge on any atom is 0.229 e. The van der Waals surface area contributed by atoms with Gasteiger partial charge in [-0.2, -0.15) is 4.98 Å². The number of ether oxygens (including phenoxy) is 2. The van der Waals surface area contributed by atoms with Gasteiger partial charge in [0.2, 0.25) is 11.8 Å². The molecule has 7 nitrogen and oxygen atoms in total. The van der Waals surface area contributed by atoms with Gasteiger partial charge >= 0.3 is 0 Å². The Bertz CT molecular complexity index is 1200. The predicted octanol–water partition coefficient (Wildman–Crippen LogP) is 4.92. The van der Waals surface area contributed by atoms with Crippen molar-refractivity contribution in [2.24, 2.45) is 5.92 Å². The molecule has 1 N–H and O–H groups in total.